The second-order valence-electron chi connectivity index (χ2n) is 5.00. The first kappa shape index (κ1) is 18.0. The first-order valence-corrected chi connectivity index (χ1v) is 9.12. The van der Waals surface area contributed by atoms with Crippen LogP contribution in [0.1, 0.15) is 11.1 Å². The molecule has 0 heterocycles. The molecule has 0 fully saturated rings. The fraction of sp³-hybridized carbons (Fsp3) is 0.235. The molecule has 0 aromatic heterocycles. The molecule has 0 saturated carbocycles. The molecule has 0 radical (unpaired) electrons. The van der Waals surface area contributed by atoms with Crippen LogP contribution in [-0.2, 0) is 5.75 Å². The van der Waals surface area contributed by atoms with Crippen molar-refractivity contribution in [2.75, 3.05) is 17.6 Å². The fourth-order valence-electron chi connectivity index (χ4n) is 1.98. The molecule has 0 bridgehead atoms. The summed E-state index contributed by atoms with van der Waals surface area (Å²) < 4.78 is 13.6. The molecule has 0 atom stereocenters. The van der Waals surface area contributed by atoms with Crippen LogP contribution in [0.3, 0.4) is 0 Å². The van der Waals surface area contributed by atoms with Crippen LogP contribution in [-0.4, -0.2) is 17.4 Å². The van der Waals surface area contributed by atoms with Gasteiger partial charge in [-0.1, -0.05) is 29.8 Å². The van der Waals surface area contributed by atoms with Gasteiger partial charge in [-0.3, -0.25) is 0 Å². The number of anilines is 1. The topological polar surface area (TPSA) is 24.1 Å². The largest absolute Gasteiger partial charge is 0.362 e. The van der Waals surface area contributed by atoms with Crippen molar-refractivity contribution < 1.29 is 4.39 Å². The lowest BCUT2D eigenvalue weighted by Gasteiger charge is -2.11. The van der Waals surface area contributed by atoms with Crippen molar-refractivity contribution in [3.05, 3.63) is 64.4 Å². The Morgan fingerprint density at radius 1 is 1.26 bits per heavy atom. The summed E-state index contributed by atoms with van der Waals surface area (Å²) in [6.07, 6.45) is 0. The van der Waals surface area contributed by atoms with Gasteiger partial charge in [-0.05, 0) is 49.0 Å². The number of halogens is 2. The van der Waals surface area contributed by atoms with Crippen molar-refractivity contribution in [2.45, 2.75) is 12.7 Å². The van der Waals surface area contributed by atoms with E-state index in [1.807, 2.05) is 31.2 Å². The molecule has 0 aliphatic carbocycles. The van der Waals surface area contributed by atoms with Crippen LogP contribution in [0.5, 0.6) is 0 Å². The summed E-state index contributed by atoms with van der Waals surface area (Å²) in [6.45, 7) is 2.74. The molecule has 0 saturated heterocycles. The summed E-state index contributed by atoms with van der Waals surface area (Å²) in [5.74, 6) is 1.10. The Balaban J connectivity index is 1.68. The van der Waals surface area contributed by atoms with Gasteiger partial charge >= 0.3 is 0 Å². The number of rotatable bonds is 6. The highest BCUT2D eigenvalue weighted by atomic mass is 35.5. The second kappa shape index (κ2) is 9.11. The minimum Gasteiger partial charge on any atom is -0.362 e. The zero-order chi connectivity index (χ0) is 16.7. The van der Waals surface area contributed by atoms with Gasteiger partial charge < -0.3 is 10.6 Å². The third-order valence-electron chi connectivity index (χ3n) is 3.12. The highest BCUT2D eigenvalue weighted by molar-refractivity contribution is 7.98. The van der Waals surface area contributed by atoms with Crippen molar-refractivity contribution >= 4 is 46.4 Å². The van der Waals surface area contributed by atoms with Gasteiger partial charge in [0.1, 0.15) is 5.82 Å². The summed E-state index contributed by atoms with van der Waals surface area (Å²) >= 11 is 12.9. The maximum absolute atomic E-state index is 13.6. The van der Waals surface area contributed by atoms with E-state index < -0.39 is 0 Å². The lowest BCUT2D eigenvalue weighted by atomic mass is 10.2. The highest BCUT2D eigenvalue weighted by Crippen LogP contribution is 2.23. The number of thiocarbonyl (C=S) groups is 1. The maximum atomic E-state index is 13.6. The highest BCUT2D eigenvalue weighted by Gasteiger charge is 2.06. The van der Waals surface area contributed by atoms with Crippen molar-refractivity contribution in [3.8, 4) is 0 Å². The summed E-state index contributed by atoms with van der Waals surface area (Å²) in [5.41, 5.74) is 2.70. The average Bonchev–Trinajstić information content (AvgIpc) is 2.49. The Bertz CT molecular complexity index is 659. The molecule has 0 aliphatic rings. The van der Waals surface area contributed by atoms with E-state index >= 15 is 0 Å². The van der Waals surface area contributed by atoms with E-state index in [4.69, 9.17) is 23.8 Å². The molecule has 0 unspecified atom stereocenters. The van der Waals surface area contributed by atoms with Gasteiger partial charge in [0.2, 0.25) is 0 Å². The first-order chi connectivity index (χ1) is 11.1. The Morgan fingerprint density at radius 3 is 2.78 bits per heavy atom. The zero-order valence-corrected chi connectivity index (χ0v) is 15.1. The lowest BCUT2D eigenvalue weighted by molar-refractivity contribution is 0.617. The Labute approximate surface area is 150 Å². The van der Waals surface area contributed by atoms with Crippen LogP contribution in [0.2, 0.25) is 5.02 Å². The molecule has 2 N–H and O–H groups in total. The lowest BCUT2D eigenvalue weighted by Crippen LogP contribution is -2.30. The molecular formula is C17H18ClFN2S2. The van der Waals surface area contributed by atoms with Gasteiger partial charge in [-0.2, -0.15) is 11.8 Å². The van der Waals surface area contributed by atoms with Crippen LogP contribution < -0.4 is 10.6 Å². The number of hydrogen-bond donors (Lipinski definition) is 2. The Morgan fingerprint density at radius 2 is 2.04 bits per heavy atom. The number of hydrogen-bond acceptors (Lipinski definition) is 2. The van der Waals surface area contributed by atoms with Gasteiger partial charge in [-0.15, -0.1) is 0 Å². The number of thioether (sulfide) groups is 1. The van der Waals surface area contributed by atoms with Gasteiger partial charge in [0.15, 0.2) is 5.11 Å². The monoisotopic (exact) mass is 368 g/mol. The normalized spacial score (nSPS) is 10.4. The van der Waals surface area contributed by atoms with Crippen LogP contribution in [0.25, 0.3) is 0 Å². The second-order valence-corrected chi connectivity index (χ2v) is 6.92. The molecule has 23 heavy (non-hydrogen) atoms. The molecule has 6 heteroatoms. The third-order valence-corrected chi connectivity index (χ3v) is 4.70. The predicted octanol–water partition coefficient (Wildman–Crippen LogP) is 5.01. The number of benzene rings is 2. The number of nitrogens with one attached hydrogen (secondary N) is 2. The summed E-state index contributed by atoms with van der Waals surface area (Å²) in [6, 6.07) is 12.8. The molecule has 122 valence electrons. The maximum Gasteiger partial charge on any atom is 0.170 e. The summed E-state index contributed by atoms with van der Waals surface area (Å²) in [5, 5.41) is 7.34. The molecule has 2 rings (SSSR count). The first-order valence-electron chi connectivity index (χ1n) is 7.18. The molecule has 0 spiro atoms. The van der Waals surface area contributed by atoms with E-state index in [-0.39, 0.29) is 5.82 Å². The number of aryl methyl sites for hydroxylation is 1. The van der Waals surface area contributed by atoms with Crippen molar-refractivity contribution in [1.82, 2.24) is 5.32 Å². The van der Waals surface area contributed by atoms with Crippen molar-refractivity contribution in [1.29, 1.82) is 0 Å². The molecular weight excluding hydrogens is 351 g/mol. The van der Waals surface area contributed by atoms with Gasteiger partial charge in [0.05, 0.1) is 0 Å². The average molecular weight is 369 g/mol. The SMILES string of the molecule is Cc1cccc(NC(=S)NCCSCc2c(F)cccc2Cl)c1. The standard InChI is InChI=1S/C17H18ClFN2S2/c1-12-4-2-5-13(10-12)21-17(22)20-8-9-23-11-14-15(18)6-3-7-16(14)19/h2-7,10H,8-9,11H2,1H3,(H2,20,21,22). The molecule has 0 amide bonds. The third kappa shape index (κ3) is 6.01. The molecule has 2 nitrogen and oxygen atoms in total. The van der Waals surface area contributed by atoms with E-state index in [2.05, 4.69) is 10.6 Å². The predicted molar refractivity (Wildman–Crippen MR) is 103 cm³/mol. The quantitative estimate of drug-likeness (QED) is 0.553. The van der Waals surface area contributed by atoms with Crippen molar-refractivity contribution in [3.63, 3.8) is 0 Å². The van der Waals surface area contributed by atoms with E-state index in [9.17, 15) is 4.39 Å². The van der Waals surface area contributed by atoms with E-state index in [0.717, 1.165) is 11.4 Å². The van der Waals surface area contributed by atoms with E-state index in [1.165, 1.54) is 11.6 Å². The molecule has 0 aliphatic heterocycles. The van der Waals surface area contributed by atoms with Crippen LogP contribution in [0.15, 0.2) is 42.5 Å². The van der Waals surface area contributed by atoms with Crippen molar-refractivity contribution in [2.24, 2.45) is 0 Å². The molecule has 2 aromatic carbocycles. The smallest absolute Gasteiger partial charge is 0.170 e. The minimum absolute atomic E-state index is 0.255. The Kier molecular flexibility index (Phi) is 7.15. The summed E-state index contributed by atoms with van der Waals surface area (Å²) in [7, 11) is 0. The molecule has 2 aromatic rings. The summed E-state index contributed by atoms with van der Waals surface area (Å²) in [4.78, 5) is 0. The van der Waals surface area contributed by atoms with Crippen LogP contribution >= 0.6 is 35.6 Å². The van der Waals surface area contributed by atoms with Gasteiger partial charge in [0, 0.05) is 34.3 Å². The Hall–Kier alpha value is -1.30. The van der Waals surface area contributed by atoms with E-state index in [1.54, 1.807) is 23.9 Å². The fourth-order valence-corrected chi connectivity index (χ4v) is 3.40. The van der Waals surface area contributed by atoms with Crippen LogP contribution in [0, 0.1) is 12.7 Å². The van der Waals surface area contributed by atoms with Gasteiger partial charge in [-0.25, -0.2) is 4.39 Å². The van der Waals surface area contributed by atoms with Crippen LogP contribution in [0.4, 0.5) is 10.1 Å². The van der Waals surface area contributed by atoms with E-state index in [0.29, 0.717) is 28.0 Å². The zero-order valence-electron chi connectivity index (χ0n) is 12.7. The minimum atomic E-state index is -0.255. The van der Waals surface area contributed by atoms with Gasteiger partial charge in [0.25, 0.3) is 0 Å².